The number of nitrogens with one attached hydrogen (secondary N) is 1. The van der Waals surface area contributed by atoms with Crippen molar-refractivity contribution in [3.63, 3.8) is 0 Å². The Labute approximate surface area is 125 Å². The Hall–Kier alpha value is -2.01. The molecule has 0 amide bonds. The summed E-state index contributed by atoms with van der Waals surface area (Å²) in [6, 6.07) is 5.28. The van der Waals surface area contributed by atoms with E-state index in [4.69, 9.17) is 9.47 Å². The Morgan fingerprint density at radius 3 is 2.62 bits per heavy atom. The highest BCUT2D eigenvalue weighted by Gasteiger charge is 2.06. The molecule has 1 N–H and O–H groups in total. The van der Waals surface area contributed by atoms with E-state index in [9.17, 15) is 9.90 Å². The van der Waals surface area contributed by atoms with Crippen LogP contribution in [0.25, 0.3) is 6.08 Å². The highest BCUT2D eigenvalue weighted by molar-refractivity contribution is 5.84. The first-order valence-corrected chi connectivity index (χ1v) is 7.14. The number of benzene rings is 1. The second-order valence-electron chi connectivity index (χ2n) is 4.61. The van der Waals surface area contributed by atoms with Gasteiger partial charge in [-0.3, -0.25) is 0 Å². The Kier molecular flexibility index (Phi) is 7.32. The molecular formula is C16H23NO4. The molecule has 0 spiro atoms. The van der Waals surface area contributed by atoms with Crippen LogP contribution in [-0.4, -0.2) is 39.3 Å². The summed E-state index contributed by atoms with van der Waals surface area (Å²) in [5.41, 5.74) is 0.689. The molecule has 0 aromatic heterocycles. The topological polar surface area (TPSA) is 63.0 Å². The molecule has 0 saturated heterocycles. The summed E-state index contributed by atoms with van der Waals surface area (Å²) in [6.07, 6.45) is 2.46. The molecule has 0 atom stereocenters. The Bertz CT molecular complexity index is 481. The highest BCUT2D eigenvalue weighted by Crippen LogP contribution is 2.25. The van der Waals surface area contributed by atoms with Crippen LogP contribution in [0.1, 0.15) is 19.4 Å². The maximum atomic E-state index is 10.5. The van der Waals surface area contributed by atoms with Crippen molar-refractivity contribution in [2.75, 3.05) is 33.4 Å². The van der Waals surface area contributed by atoms with E-state index in [0.29, 0.717) is 23.7 Å². The Morgan fingerprint density at radius 2 is 2.05 bits per heavy atom. The molecule has 0 aliphatic rings. The lowest BCUT2D eigenvalue weighted by molar-refractivity contribution is -0.896. The first kappa shape index (κ1) is 17.0. The lowest BCUT2D eigenvalue weighted by atomic mass is 10.1. The molecule has 21 heavy (non-hydrogen) atoms. The van der Waals surface area contributed by atoms with Crippen LogP contribution in [-0.2, 0) is 4.79 Å². The smallest absolute Gasteiger partial charge is 0.137 e. The van der Waals surface area contributed by atoms with Crippen molar-refractivity contribution in [2.24, 2.45) is 0 Å². The average molecular weight is 293 g/mol. The first-order valence-electron chi connectivity index (χ1n) is 7.14. The minimum absolute atomic E-state index is 0.566. The molecule has 0 saturated carbocycles. The number of carboxylic acids is 1. The molecule has 1 aromatic rings. The summed E-state index contributed by atoms with van der Waals surface area (Å²) in [4.78, 5) is 12.0. The minimum atomic E-state index is -1.23. The van der Waals surface area contributed by atoms with Crippen molar-refractivity contribution < 1.29 is 24.3 Å². The molecular weight excluding hydrogens is 270 g/mol. The van der Waals surface area contributed by atoms with Gasteiger partial charge in [0, 0.05) is 11.6 Å². The SMILES string of the molecule is CC[NH+](CC)CCOc1cc(OC)ccc1/C=C/C(=O)[O-]. The number of carbonyl (C=O) groups excluding carboxylic acids is 1. The molecule has 5 nitrogen and oxygen atoms in total. The standard InChI is InChI=1S/C16H23NO4/c1-4-17(5-2)10-11-21-15-12-14(20-3)8-6-13(15)7-9-16(18)19/h6-9,12H,4-5,10-11H2,1-3H3,(H,18,19)/b9-7+. The van der Waals surface area contributed by atoms with Gasteiger partial charge in [0.05, 0.1) is 26.2 Å². The fourth-order valence-electron chi connectivity index (χ4n) is 1.97. The molecule has 5 heteroatoms. The zero-order valence-electron chi connectivity index (χ0n) is 12.8. The number of likely N-dealkylation sites (N-methyl/N-ethyl adjacent to an activating group) is 1. The van der Waals surface area contributed by atoms with Gasteiger partial charge in [0.2, 0.25) is 0 Å². The van der Waals surface area contributed by atoms with Crippen molar-refractivity contribution >= 4 is 12.0 Å². The van der Waals surface area contributed by atoms with Crippen LogP contribution in [0.3, 0.4) is 0 Å². The molecule has 1 aromatic carbocycles. The molecule has 0 aliphatic carbocycles. The van der Waals surface area contributed by atoms with Crippen LogP contribution in [0.15, 0.2) is 24.3 Å². The summed E-state index contributed by atoms with van der Waals surface area (Å²) < 4.78 is 10.9. The van der Waals surface area contributed by atoms with Crippen molar-refractivity contribution in [3.05, 3.63) is 29.8 Å². The largest absolute Gasteiger partial charge is 0.545 e. The fraction of sp³-hybridized carbons (Fsp3) is 0.438. The van der Waals surface area contributed by atoms with E-state index < -0.39 is 5.97 Å². The van der Waals surface area contributed by atoms with Gasteiger partial charge in [0.1, 0.15) is 24.7 Å². The van der Waals surface area contributed by atoms with E-state index in [1.165, 1.54) is 11.0 Å². The summed E-state index contributed by atoms with van der Waals surface area (Å²) in [5, 5.41) is 10.5. The third-order valence-electron chi connectivity index (χ3n) is 3.33. The van der Waals surface area contributed by atoms with Crippen molar-refractivity contribution in [2.45, 2.75) is 13.8 Å². The molecule has 0 aliphatic heterocycles. The summed E-state index contributed by atoms with van der Waals surface area (Å²) >= 11 is 0. The zero-order valence-corrected chi connectivity index (χ0v) is 12.8. The predicted octanol–water partition coefficient (Wildman–Crippen LogP) is -0.238. The number of methoxy groups -OCH3 is 1. The van der Waals surface area contributed by atoms with E-state index >= 15 is 0 Å². The van der Waals surface area contributed by atoms with Gasteiger partial charge < -0.3 is 24.3 Å². The highest BCUT2D eigenvalue weighted by atomic mass is 16.5. The number of quaternary nitrogens is 1. The quantitative estimate of drug-likeness (QED) is 0.639. The molecule has 116 valence electrons. The second kappa shape index (κ2) is 9.02. The van der Waals surface area contributed by atoms with Gasteiger partial charge in [-0.05, 0) is 38.1 Å². The predicted molar refractivity (Wildman–Crippen MR) is 79.4 cm³/mol. The van der Waals surface area contributed by atoms with Gasteiger partial charge in [0.15, 0.2) is 0 Å². The number of carboxylic acid groups (broad SMARTS) is 1. The van der Waals surface area contributed by atoms with Crippen LogP contribution in [0.4, 0.5) is 0 Å². The summed E-state index contributed by atoms with van der Waals surface area (Å²) in [5.74, 6) is 0.0496. The van der Waals surface area contributed by atoms with Crippen LogP contribution in [0, 0.1) is 0 Å². The third kappa shape index (κ3) is 5.87. The van der Waals surface area contributed by atoms with Crippen molar-refractivity contribution in [1.29, 1.82) is 0 Å². The third-order valence-corrected chi connectivity index (χ3v) is 3.33. The van der Waals surface area contributed by atoms with Crippen LogP contribution >= 0.6 is 0 Å². The van der Waals surface area contributed by atoms with Gasteiger partial charge in [0.25, 0.3) is 0 Å². The van der Waals surface area contributed by atoms with E-state index in [1.54, 1.807) is 25.3 Å². The number of ether oxygens (including phenoxy) is 2. The van der Waals surface area contributed by atoms with Crippen molar-refractivity contribution in [1.82, 2.24) is 0 Å². The van der Waals surface area contributed by atoms with Gasteiger partial charge in [-0.25, -0.2) is 0 Å². The number of aliphatic carboxylic acids is 1. The molecule has 0 unspecified atom stereocenters. The van der Waals surface area contributed by atoms with Crippen LogP contribution in [0.5, 0.6) is 11.5 Å². The second-order valence-corrected chi connectivity index (χ2v) is 4.61. The molecule has 1 rings (SSSR count). The normalized spacial score (nSPS) is 11.0. The first-order chi connectivity index (χ1) is 10.1. The number of hydrogen-bond acceptors (Lipinski definition) is 4. The number of hydrogen-bond donors (Lipinski definition) is 1. The Morgan fingerprint density at radius 1 is 1.33 bits per heavy atom. The summed E-state index contributed by atoms with van der Waals surface area (Å²) in [7, 11) is 1.58. The minimum Gasteiger partial charge on any atom is -0.545 e. The fourth-order valence-corrected chi connectivity index (χ4v) is 1.97. The average Bonchev–Trinajstić information content (AvgIpc) is 2.49. The Balaban J connectivity index is 2.79. The lowest BCUT2D eigenvalue weighted by Gasteiger charge is -2.16. The zero-order chi connectivity index (χ0) is 15.7. The van der Waals surface area contributed by atoms with Gasteiger partial charge in [-0.2, -0.15) is 0 Å². The monoisotopic (exact) mass is 293 g/mol. The van der Waals surface area contributed by atoms with Gasteiger partial charge in [-0.15, -0.1) is 0 Å². The van der Waals surface area contributed by atoms with Gasteiger partial charge in [-0.1, -0.05) is 0 Å². The molecule has 0 bridgehead atoms. The maximum Gasteiger partial charge on any atom is 0.137 e. The van der Waals surface area contributed by atoms with E-state index in [1.807, 2.05) is 0 Å². The van der Waals surface area contributed by atoms with E-state index in [-0.39, 0.29) is 0 Å². The van der Waals surface area contributed by atoms with Gasteiger partial charge >= 0.3 is 0 Å². The van der Waals surface area contributed by atoms with E-state index in [2.05, 4.69) is 13.8 Å². The molecule has 0 heterocycles. The summed E-state index contributed by atoms with van der Waals surface area (Å²) in [6.45, 7) is 7.84. The molecule has 0 radical (unpaired) electrons. The molecule has 0 fully saturated rings. The lowest BCUT2D eigenvalue weighted by Crippen LogP contribution is -3.12. The van der Waals surface area contributed by atoms with E-state index in [0.717, 1.165) is 25.7 Å². The maximum absolute atomic E-state index is 10.5. The van der Waals surface area contributed by atoms with Crippen LogP contribution in [0.2, 0.25) is 0 Å². The van der Waals surface area contributed by atoms with Crippen molar-refractivity contribution in [3.8, 4) is 11.5 Å². The number of carbonyl (C=O) groups is 1. The number of rotatable bonds is 9. The van der Waals surface area contributed by atoms with Crippen LogP contribution < -0.4 is 19.5 Å².